The lowest BCUT2D eigenvalue weighted by Crippen LogP contribution is -2.05. The Kier molecular flexibility index (Phi) is 5.92. The second kappa shape index (κ2) is 6.39. The molecule has 0 aliphatic carbocycles. The lowest BCUT2D eigenvalue weighted by atomic mass is 10.4. The average Bonchev–Trinajstić information content (AvgIpc) is 1.89. The summed E-state index contributed by atoms with van der Waals surface area (Å²) >= 11 is 0. The van der Waals surface area contributed by atoms with E-state index in [4.69, 9.17) is 0 Å². The fourth-order valence-electron chi connectivity index (χ4n) is 0.430. The van der Waals surface area contributed by atoms with Gasteiger partial charge in [0.05, 0.1) is 6.61 Å². The molecule has 0 rings (SSSR count). The molecule has 0 aromatic carbocycles. The normalized spacial score (nSPS) is 9.00. The van der Waals surface area contributed by atoms with Crippen LogP contribution in [0.4, 0.5) is 4.79 Å². The van der Waals surface area contributed by atoms with Crippen LogP contribution in [0.25, 0.3) is 0 Å². The number of carbonyl (C=O) groups excluding carboxylic acids is 1. The highest BCUT2D eigenvalue weighted by Crippen LogP contribution is 1.91. The van der Waals surface area contributed by atoms with Crippen molar-refractivity contribution >= 4 is 6.16 Å². The smallest absolute Gasteiger partial charge is 0.434 e. The predicted octanol–water partition coefficient (Wildman–Crippen LogP) is 2.12. The first-order chi connectivity index (χ1) is 4.81. The van der Waals surface area contributed by atoms with E-state index in [1.165, 1.54) is 6.61 Å². The highest BCUT2D eigenvalue weighted by atomic mass is 16.7. The zero-order chi connectivity index (χ0) is 7.82. The third-order valence-electron chi connectivity index (χ3n) is 0.932. The summed E-state index contributed by atoms with van der Waals surface area (Å²) in [7, 11) is 0. The van der Waals surface area contributed by atoms with Crippen molar-refractivity contribution in [2.45, 2.75) is 26.7 Å². The lowest BCUT2D eigenvalue weighted by molar-refractivity contribution is 0.0738. The van der Waals surface area contributed by atoms with Crippen molar-refractivity contribution in [1.82, 2.24) is 0 Å². The van der Waals surface area contributed by atoms with Crippen LogP contribution in [0.3, 0.4) is 0 Å². The van der Waals surface area contributed by atoms with E-state index >= 15 is 0 Å². The summed E-state index contributed by atoms with van der Waals surface area (Å²) in [6, 6.07) is 0. The van der Waals surface area contributed by atoms with E-state index in [9.17, 15) is 4.79 Å². The molecule has 59 valence electrons. The van der Waals surface area contributed by atoms with Crippen LogP contribution in [0.1, 0.15) is 26.7 Å². The van der Waals surface area contributed by atoms with Gasteiger partial charge in [0, 0.05) is 0 Å². The van der Waals surface area contributed by atoms with Crippen molar-refractivity contribution in [1.29, 1.82) is 0 Å². The van der Waals surface area contributed by atoms with Crippen LogP contribution in [0.5, 0.6) is 0 Å². The molecule has 0 spiro atoms. The first kappa shape index (κ1) is 9.27. The molecule has 0 bridgehead atoms. The molecule has 3 nitrogen and oxygen atoms in total. The summed E-state index contributed by atoms with van der Waals surface area (Å²) in [5, 5.41) is 0. The molecular formula is C7H13O3. The van der Waals surface area contributed by atoms with Crippen LogP contribution in [-0.2, 0) is 9.47 Å². The standard InChI is InChI=1S/C7H13O3/c1-3-5-6-10-7(8)9-4-2/h4H,3,5-6H2,1-2H3. The Morgan fingerprint density at radius 3 is 2.80 bits per heavy atom. The van der Waals surface area contributed by atoms with E-state index in [1.807, 2.05) is 6.92 Å². The van der Waals surface area contributed by atoms with Crippen molar-refractivity contribution in [3.05, 3.63) is 6.61 Å². The molecule has 0 aromatic heterocycles. The van der Waals surface area contributed by atoms with Gasteiger partial charge in [-0.2, -0.15) is 0 Å². The zero-order valence-corrected chi connectivity index (χ0v) is 6.42. The van der Waals surface area contributed by atoms with Gasteiger partial charge in [-0.1, -0.05) is 13.3 Å². The van der Waals surface area contributed by atoms with Crippen molar-refractivity contribution in [2.75, 3.05) is 6.61 Å². The van der Waals surface area contributed by atoms with Gasteiger partial charge in [0.1, 0.15) is 6.61 Å². The maximum absolute atomic E-state index is 10.4. The summed E-state index contributed by atoms with van der Waals surface area (Å²) in [6.45, 7) is 5.40. The molecule has 0 saturated heterocycles. The average molecular weight is 145 g/mol. The van der Waals surface area contributed by atoms with Crippen LogP contribution < -0.4 is 0 Å². The largest absolute Gasteiger partial charge is 0.508 e. The van der Waals surface area contributed by atoms with Gasteiger partial charge < -0.3 is 9.47 Å². The lowest BCUT2D eigenvalue weighted by Gasteiger charge is -2.01. The highest BCUT2D eigenvalue weighted by Gasteiger charge is 1.99. The molecule has 10 heavy (non-hydrogen) atoms. The molecule has 0 aromatic rings. The summed E-state index contributed by atoms with van der Waals surface area (Å²) in [4.78, 5) is 10.4. The van der Waals surface area contributed by atoms with Gasteiger partial charge in [-0.25, -0.2) is 4.79 Å². The van der Waals surface area contributed by atoms with Gasteiger partial charge in [-0.05, 0) is 13.3 Å². The second-order valence-electron chi connectivity index (χ2n) is 1.81. The minimum atomic E-state index is -0.615. The van der Waals surface area contributed by atoms with Gasteiger partial charge in [0.2, 0.25) is 0 Å². The fraction of sp³-hybridized carbons (Fsp3) is 0.714. The minimum Gasteiger partial charge on any atom is -0.434 e. The van der Waals surface area contributed by atoms with Gasteiger partial charge in [-0.3, -0.25) is 0 Å². The van der Waals surface area contributed by atoms with Crippen LogP contribution in [0.15, 0.2) is 0 Å². The summed E-state index contributed by atoms with van der Waals surface area (Å²) in [6.07, 6.45) is 1.29. The van der Waals surface area contributed by atoms with E-state index in [2.05, 4.69) is 9.47 Å². The molecular weight excluding hydrogens is 132 g/mol. The van der Waals surface area contributed by atoms with Crippen LogP contribution in [0, 0.1) is 6.61 Å². The number of carbonyl (C=O) groups is 1. The van der Waals surface area contributed by atoms with Gasteiger partial charge >= 0.3 is 6.16 Å². The maximum atomic E-state index is 10.4. The molecule has 0 aliphatic rings. The molecule has 1 radical (unpaired) electrons. The van der Waals surface area contributed by atoms with Crippen molar-refractivity contribution in [3.63, 3.8) is 0 Å². The quantitative estimate of drug-likeness (QED) is 0.449. The molecule has 0 unspecified atom stereocenters. The molecule has 0 aliphatic heterocycles. The third kappa shape index (κ3) is 5.41. The third-order valence-corrected chi connectivity index (χ3v) is 0.932. The number of ether oxygens (including phenoxy) is 2. The molecule has 0 N–H and O–H groups in total. The van der Waals surface area contributed by atoms with E-state index in [0.29, 0.717) is 6.61 Å². The van der Waals surface area contributed by atoms with E-state index in [1.54, 1.807) is 6.92 Å². The van der Waals surface area contributed by atoms with E-state index in [0.717, 1.165) is 12.8 Å². The second-order valence-corrected chi connectivity index (χ2v) is 1.81. The predicted molar refractivity (Wildman–Crippen MR) is 37.3 cm³/mol. The van der Waals surface area contributed by atoms with Crippen LogP contribution in [0.2, 0.25) is 0 Å². The Morgan fingerprint density at radius 2 is 2.30 bits per heavy atom. The van der Waals surface area contributed by atoms with Crippen molar-refractivity contribution in [2.24, 2.45) is 0 Å². The SMILES string of the molecule is C[CH]OC(=O)OCCCC. The van der Waals surface area contributed by atoms with Gasteiger partial charge in [0.15, 0.2) is 0 Å². The topological polar surface area (TPSA) is 35.5 Å². The Hall–Kier alpha value is -0.730. The van der Waals surface area contributed by atoms with Crippen LogP contribution in [-0.4, -0.2) is 12.8 Å². The summed E-state index contributed by atoms with van der Waals surface area (Å²) in [5.41, 5.74) is 0. The zero-order valence-electron chi connectivity index (χ0n) is 6.42. The first-order valence-electron chi connectivity index (χ1n) is 3.42. The molecule has 0 amide bonds. The molecule has 3 heteroatoms. The summed E-state index contributed by atoms with van der Waals surface area (Å²) in [5.74, 6) is 0. The molecule has 0 heterocycles. The van der Waals surface area contributed by atoms with Crippen molar-refractivity contribution < 1.29 is 14.3 Å². The van der Waals surface area contributed by atoms with Crippen LogP contribution >= 0.6 is 0 Å². The highest BCUT2D eigenvalue weighted by molar-refractivity contribution is 5.60. The van der Waals surface area contributed by atoms with E-state index < -0.39 is 6.16 Å². The Morgan fingerprint density at radius 1 is 1.60 bits per heavy atom. The fourth-order valence-corrected chi connectivity index (χ4v) is 0.430. The molecule has 0 atom stereocenters. The minimum absolute atomic E-state index is 0.448. The molecule has 0 saturated carbocycles. The first-order valence-corrected chi connectivity index (χ1v) is 3.42. The van der Waals surface area contributed by atoms with E-state index in [-0.39, 0.29) is 0 Å². The Labute approximate surface area is 61.3 Å². The maximum Gasteiger partial charge on any atom is 0.508 e. The van der Waals surface area contributed by atoms with Gasteiger partial charge in [-0.15, -0.1) is 0 Å². The van der Waals surface area contributed by atoms with Gasteiger partial charge in [0.25, 0.3) is 0 Å². The summed E-state index contributed by atoms with van der Waals surface area (Å²) < 4.78 is 9.03. The Balaban J connectivity index is 3.05. The molecule has 0 fully saturated rings. The number of hydrogen-bond donors (Lipinski definition) is 0. The number of rotatable bonds is 4. The number of hydrogen-bond acceptors (Lipinski definition) is 3. The number of unbranched alkanes of at least 4 members (excludes halogenated alkanes) is 1. The van der Waals surface area contributed by atoms with Crippen molar-refractivity contribution in [3.8, 4) is 0 Å². The Bertz CT molecular complexity index is 90.9. The monoisotopic (exact) mass is 145 g/mol.